The first-order chi connectivity index (χ1) is 12.5. The first-order valence-corrected chi connectivity index (χ1v) is 9.15. The smallest absolute Gasteiger partial charge is 0.336 e. The minimum absolute atomic E-state index is 0.00538. The van der Waals surface area contributed by atoms with Gasteiger partial charge in [-0.1, -0.05) is 24.9 Å². The molecule has 0 radical (unpaired) electrons. The van der Waals surface area contributed by atoms with Crippen molar-refractivity contribution in [2.75, 3.05) is 13.2 Å². The Kier molecular flexibility index (Phi) is 7.48. The van der Waals surface area contributed by atoms with Gasteiger partial charge >= 0.3 is 5.63 Å². The molecule has 0 saturated carbocycles. The number of hydrogen-bond donors (Lipinski definition) is 2. The highest BCUT2D eigenvalue weighted by atomic mass is 35.5. The molecule has 1 atom stereocenters. The van der Waals surface area contributed by atoms with Crippen LogP contribution in [0.15, 0.2) is 27.4 Å². The number of aliphatic hydroxyl groups excluding tert-OH is 1. The van der Waals surface area contributed by atoms with Gasteiger partial charge in [0.1, 0.15) is 11.3 Å². The number of hydrogen-bond acceptors (Lipinski definition) is 5. The maximum absolute atomic E-state index is 12.0. The number of aryl methyl sites for hydroxylation is 1. The zero-order valence-corrected chi connectivity index (χ0v) is 15.8. The Morgan fingerprint density at radius 2 is 2.12 bits per heavy atom. The van der Waals surface area contributed by atoms with Crippen molar-refractivity contribution < 1.29 is 19.1 Å². The SMILES string of the molecule is CCCCc1cc(=O)oc2cc(OC(C)C(=O)NCCCO)c(Cl)cc12. The zero-order chi connectivity index (χ0) is 19.1. The van der Waals surface area contributed by atoms with Crippen molar-refractivity contribution >= 4 is 28.5 Å². The van der Waals surface area contributed by atoms with Crippen molar-refractivity contribution in [2.45, 2.75) is 45.6 Å². The fourth-order valence-corrected chi connectivity index (χ4v) is 2.78. The zero-order valence-electron chi connectivity index (χ0n) is 15.0. The van der Waals surface area contributed by atoms with E-state index in [0.29, 0.717) is 23.6 Å². The number of ether oxygens (including phenoxy) is 1. The Morgan fingerprint density at radius 3 is 2.81 bits per heavy atom. The predicted octanol–water partition coefficient (Wildman–Crippen LogP) is 3.05. The lowest BCUT2D eigenvalue weighted by molar-refractivity contribution is -0.127. The van der Waals surface area contributed by atoms with Crippen LogP contribution < -0.4 is 15.7 Å². The van der Waals surface area contributed by atoms with Gasteiger partial charge in [-0.25, -0.2) is 4.79 Å². The summed E-state index contributed by atoms with van der Waals surface area (Å²) in [6.45, 7) is 4.05. The molecule has 0 bridgehead atoms. The van der Waals surface area contributed by atoms with E-state index in [0.717, 1.165) is 30.2 Å². The highest BCUT2D eigenvalue weighted by molar-refractivity contribution is 6.32. The Morgan fingerprint density at radius 1 is 1.35 bits per heavy atom. The average molecular weight is 382 g/mol. The van der Waals surface area contributed by atoms with E-state index in [1.807, 2.05) is 0 Å². The summed E-state index contributed by atoms with van der Waals surface area (Å²) in [4.78, 5) is 23.8. The highest BCUT2D eigenvalue weighted by Gasteiger charge is 2.17. The van der Waals surface area contributed by atoms with Crippen molar-refractivity contribution in [3.8, 4) is 5.75 Å². The Balaban J connectivity index is 2.25. The number of halogens is 1. The van der Waals surface area contributed by atoms with E-state index in [2.05, 4.69) is 12.2 Å². The molecule has 1 aromatic heterocycles. The van der Waals surface area contributed by atoms with Gasteiger partial charge in [-0.15, -0.1) is 0 Å². The molecule has 1 heterocycles. The van der Waals surface area contributed by atoms with Crippen LogP contribution in [-0.4, -0.2) is 30.3 Å². The van der Waals surface area contributed by atoms with Crippen LogP contribution in [0.4, 0.5) is 0 Å². The lowest BCUT2D eigenvalue weighted by Gasteiger charge is -2.16. The second kappa shape index (κ2) is 9.59. The van der Waals surface area contributed by atoms with Crippen molar-refractivity contribution in [1.82, 2.24) is 5.32 Å². The molecule has 142 valence electrons. The molecule has 26 heavy (non-hydrogen) atoms. The van der Waals surface area contributed by atoms with Gasteiger partial charge in [-0.3, -0.25) is 4.79 Å². The number of benzene rings is 1. The van der Waals surface area contributed by atoms with E-state index in [1.165, 1.54) is 6.07 Å². The number of nitrogens with one attached hydrogen (secondary N) is 1. The number of carbonyl (C=O) groups excluding carboxylic acids is 1. The molecule has 1 aromatic carbocycles. The molecule has 7 heteroatoms. The quantitative estimate of drug-likeness (QED) is 0.514. The molecule has 0 aliphatic rings. The summed E-state index contributed by atoms with van der Waals surface area (Å²) >= 11 is 6.32. The third-order valence-corrected chi connectivity index (χ3v) is 4.28. The van der Waals surface area contributed by atoms with Crippen molar-refractivity contribution in [1.29, 1.82) is 0 Å². The highest BCUT2D eigenvalue weighted by Crippen LogP contribution is 2.32. The van der Waals surface area contributed by atoms with E-state index in [1.54, 1.807) is 19.1 Å². The summed E-state index contributed by atoms with van der Waals surface area (Å²) in [5, 5.41) is 12.5. The lowest BCUT2D eigenvalue weighted by atomic mass is 10.0. The normalized spacial score (nSPS) is 12.2. The van der Waals surface area contributed by atoms with Crippen LogP contribution in [0.25, 0.3) is 11.0 Å². The van der Waals surface area contributed by atoms with Crippen LogP contribution in [0.3, 0.4) is 0 Å². The number of amides is 1. The number of unbranched alkanes of at least 4 members (excludes halogenated alkanes) is 1. The van der Waals surface area contributed by atoms with Crippen molar-refractivity contribution in [3.63, 3.8) is 0 Å². The monoisotopic (exact) mass is 381 g/mol. The largest absolute Gasteiger partial charge is 0.479 e. The topological polar surface area (TPSA) is 88.8 Å². The van der Waals surface area contributed by atoms with E-state index < -0.39 is 11.7 Å². The summed E-state index contributed by atoms with van der Waals surface area (Å²) in [6.07, 6.45) is 2.43. The third kappa shape index (κ3) is 5.22. The molecule has 6 nitrogen and oxygen atoms in total. The molecule has 1 amide bonds. The average Bonchev–Trinajstić information content (AvgIpc) is 2.60. The molecule has 2 aromatic rings. The molecule has 2 rings (SSSR count). The molecular formula is C19H24ClNO5. The van der Waals surface area contributed by atoms with Gasteiger partial charge in [0.05, 0.1) is 5.02 Å². The van der Waals surface area contributed by atoms with Crippen LogP contribution in [0.1, 0.15) is 38.7 Å². The number of rotatable bonds is 9. The molecule has 0 saturated heterocycles. The van der Waals surface area contributed by atoms with Crippen LogP contribution in [0, 0.1) is 0 Å². The Bertz CT molecular complexity index is 817. The summed E-state index contributed by atoms with van der Waals surface area (Å²) in [7, 11) is 0. The van der Waals surface area contributed by atoms with Gasteiger partial charge in [-0.2, -0.15) is 0 Å². The lowest BCUT2D eigenvalue weighted by Crippen LogP contribution is -2.37. The fraction of sp³-hybridized carbons (Fsp3) is 0.474. The van der Waals surface area contributed by atoms with Gasteiger partial charge in [0, 0.05) is 30.7 Å². The number of aliphatic hydroxyl groups is 1. The van der Waals surface area contributed by atoms with E-state index >= 15 is 0 Å². The van der Waals surface area contributed by atoms with Crippen molar-refractivity contribution in [2.24, 2.45) is 0 Å². The first kappa shape index (κ1) is 20.3. The third-order valence-electron chi connectivity index (χ3n) is 3.99. The summed E-state index contributed by atoms with van der Waals surface area (Å²) in [6, 6.07) is 4.74. The van der Waals surface area contributed by atoms with Gasteiger partial charge in [0.25, 0.3) is 5.91 Å². The van der Waals surface area contributed by atoms with Gasteiger partial charge in [-0.05, 0) is 37.8 Å². The van der Waals surface area contributed by atoms with Gasteiger partial charge in [0.2, 0.25) is 0 Å². The number of fused-ring (bicyclic) bond motifs is 1. The summed E-state index contributed by atoms with van der Waals surface area (Å²) < 4.78 is 10.9. The standard InChI is InChI=1S/C19H24ClNO5/c1-3-4-6-13-9-18(23)26-16-11-17(15(20)10-14(13)16)25-12(2)19(24)21-7-5-8-22/h9-12,22H,3-8H2,1-2H3,(H,21,24). The molecular weight excluding hydrogens is 358 g/mol. The molecule has 0 fully saturated rings. The van der Waals surface area contributed by atoms with Gasteiger partial charge in [0.15, 0.2) is 6.10 Å². The maximum Gasteiger partial charge on any atom is 0.336 e. The Hall–Kier alpha value is -2.05. The molecule has 0 aliphatic heterocycles. The fourth-order valence-electron chi connectivity index (χ4n) is 2.57. The minimum Gasteiger partial charge on any atom is -0.479 e. The van der Waals surface area contributed by atoms with Crippen LogP contribution in [0.5, 0.6) is 5.75 Å². The van der Waals surface area contributed by atoms with E-state index in [9.17, 15) is 9.59 Å². The molecule has 1 unspecified atom stereocenters. The Labute approximate surface area is 157 Å². The van der Waals surface area contributed by atoms with Crippen LogP contribution in [-0.2, 0) is 11.2 Å². The summed E-state index contributed by atoms with van der Waals surface area (Å²) in [5.74, 6) is -0.0347. The predicted molar refractivity (Wildman–Crippen MR) is 101 cm³/mol. The minimum atomic E-state index is -0.779. The van der Waals surface area contributed by atoms with Crippen molar-refractivity contribution in [3.05, 3.63) is 39.2 Å². The number of carbonyl (C=O) groups is 1. The van der Waals surface area contributed by atoms with Crippen LogP contribution >= 0.6 is 11.6 Å². The van der Waals surface area contributed by atoms with E-state index in [-0.39, 0.29) is 18.3 Å². The molecule has 0 spiro atoms. The summed E-state index contributed by atoms with van der Waals surface area (Å²) in [5.41, 5.74) is 0.851. The second-order valence-electron chi connectivity index (χ2n) is 6.10. The second-order valence-corrected chi connectivity index (χ2v) is 6.51. The molecule has 2 N–H and O–H groups in total. The first-order valence-electron chi connectivity index (χ1n) is 8.77. The van der Waals surface area contributed by atoms with E-state index in [4.69, 9.17) is 25.9 Å². The molecule has 0 aliphatic carbocycles. The van der Waals surface area contributed by atoms with Crippen LogP contribution in [0.2, 0.25) is 5.02 Å². The maximum atomic E-state index is 12.0. The van der Waals surface area contributed by atoms with Gasteiger partial charge < -0.3 is 19.6 Å².